The molecule has 3 rings (SSSR count). The predicted molar refractivity (Wildman–Crippen MR) is 72.2 cm³/mol. The van der Waals surface area contributed by atoms with Crippen LogP contribution in [0.15, 0.2) is 42.7 Å². The monoisotopic (exact) mass is 288 g/mol. The van der Waals surface area contributed by atoms with E-state index in [4.69, 9.17) is 5.11 Å². The molecule has 106 valence electrons. The van der Waals surface area contributed by atoms with Gasteiger partial charge < -0.3 is 9.67 Å². The maximum atomic E-state index is 13.2. The Balaban J connectivity index is 2.01. The number of carboxylic acid groups (broad SMARTS) is 1. The SMILES string of the molecule is O=C(O)c1ccc2ncn(Cc3ccc(F)c(F)c3)c2c1. The van der Waals surface area contributed by atoms with Crippen LogP contribution in [0.5, 0.6) is 0 Å². The van der Waals surface area contributed by atoms with Crippen LogP contribution in [0.25, 0.3) is 11.0 Å². The molecule has 1 heterocycles. The van der Waals surface area contributed by atoms with Gasteiger partial charge >= 0.3 is 5.97 Å². The lowest BCUT2D eigenvalue weighted by molar-refractivity contribution is 0.0697. The topological polar surface area (TPSA) is 55.1 Å². The highest BCUT2D eigenvalue weighted by Gasteiger charge is 2.09. The normalized spacial score (nSPS) is 11.0. The van der Waals surface area contributed by atoms with Crippen molar-refractivity contribution in [2.75, 3.05) is 0 Å². The molecular formula is C15H10F2N2O2. The fraction of sp³-hybridized carbons (Fsp3) is 0.0667. The molecule has 6 heteroatoms. The number of hydrogen-bond donors (Lipinski definition) is 1. The molecular weight excluding hydrogens is 278 g/mol. The van der Waals surface area contributed by atoms with Crippen LogP contribution >= 0.6 is 0 Å². The summed E-state index contributed by atoms with van der Waals surface area (Å²) in [5, 5.41) is 9.01. The summed E-state index contributed by atoms with van der Waals surface area (Å²) in [5.74, 6) is -2.84. The maximum absolute atomic E-state index is 13.2. The minimum Gasteiger partial charge on any atom is -0.478 e. The molecule has 4 nitrogen and oxygen atoms in total. The first-order valence-corrected chi connectivity index (χ1v) is 6.17. The van der Waals surface area contributed by atoms with Crippen molar-refractivity contribution >= 4 is 17.0 Å². The van der Waals surface area contributed by atoms with Gasteiger partial charge in [0.25, 0.3) is 0 Å². The van der Waals surface area contributed by atoms with Crippen LogP contribution in [-0.4, -0.2) is 20.6 Å². The number of aromatic carboxylic acids is 1. The molecule has 0 aliphatic carbocycles. The largest absolute Gasteiger partial charge is 0.478 e. The van der Waals surface area contributed by atoms with Crippen molar-refractivity contribution in [1.29, 1.82) is 0 Å². The molecule has 0 fully saturated rings. The smallest absolute Gasteiger partial charge is 0.335 e. The molecule has 3 aromatic rings. The van der Waals surface area contributed by atoms with Crippen LogP contribution in [0.1, 0.15) is 15.9 Å². The molecule has 1 N–H and O–H groups in total. The highest BCUT2D eigenvalue weighted by atomic mass is 19.2. The third-order valence-electron chi connectivity index (χ3n) is 3.20. The zero-order chi connectivity index (χ0) is 15.0. The van der Waals surface area contributed by atoms with Gasteiger partial charge in [0.05, 0.1) is 22.9 Å². The summed E-state index contributed by atoms with van der Waals surface area (Å²) in [6.45, 7) is 0.275. The van der Waals surface area contributed by atoms with Gasteiger partial charge in [-0.15, -0.1) is 0 Å². The van der Waals surface area contributed by atoms with E-state index < -0.39 is 17.6 Å². The number of hydrogen-bond acceptors (Lipinski definition) is 2. The number of halogens is 2. The van der Waals surface area contributed by atoms with E-state index in [2.05, 4.69) is 4.98 Å². The van der Waals surface area contributed by atoms with Crippen LogP contribution in [0.2, 0.25) is 0 Å². The minimum absolute atomic E-state index is 0.148. The van der Waals surface area contributed by atoms with Gasteiger partial charge in [0.1, 0.15) is 0 Å². The fourth-order valence-corrected chi connectivity index (χ4v) is 2.15. The van der Waals surface area contributed by atoms with Crippen LogP contribution in [-0.2, 0) is 6.54 Å². The summed E-state index contributed by atoms with van der Waals surface area (Å²) < 4.78 is 27.8. The first-order valence-electron chi connectivity index (χ1n) is 6.17. The fourth-order valence-electron chi connectivity index (χ4n) is 2.15. The number of carbonyl (C=O) groups is 1. The summed E-state index contributed by atoms with van der Waals surface area (Å²) in [7, 11) is 0. The highest BCUT2D eigenvalue weighted by molar-refractivity contribution is 5.92. The number of fused-ring (bicyclic) bond motifs is 1. The molecule has 0 aliphatic heterocycles. The summed E-state index contributed by atoms with van der Waals surface area (Å²) in [5.41, 5.74) is 1.98. The zero-order valence-electron chi connectivity index (χ0n) is 10.8. The molecule has 0 unspecified atom stereocenters. The van der Waals surface area contributed by atoms with E-state index in [-0.39, 0.29) is 12.1 Å². The average molecular weight is 288 g/mol. The average Bonchev–Trinajstić information content (AvgIpc) is 2.85. The highest BCUT2D eigenvalue weighted by Crippen LogP contribution is 2.17. The van der Waals surface area contributed by atoms with Gasteiger partial charge in [0.15, 0.2) is 11.6 Å². The van der Waals surface area contributed by atoms with Crippen molar-refractivity contribution in [3.05, 3.63) is 65.5 Å². The Kier molecular flexibility index (Phi) is 3.13. The Morgan fingerprint density at radius 1 is 1.14 bits per heavy atom. The lowest BCUT2D eigenvalue weighted by atomic mass is 10.2. The van der Waals surface area contributed by atoms with Crippen molar-refractivity contribution in [2.24, 2.45) is 0 Å². The molecule has 0 radical (unpaired) electrons. The second kappa shape index (κ2) is 4.97. The van der Waals surface area contributed by atoms with Crippen LogP contribution < -0.4 is 0 Å². The molecule has 0 atom stereocenters. The standard InChI is InChI=1S/C15H10F2N2O2/c16-11-3-1-9(5-12(11)17)7-19-8-18-13-4-2-10(15(20)21)6-14(13)19/h1-6,8H,7H2,(H,20,21). The van der Waals surface area contributed by atoms with Crippen molar-refractivity contribution in [2.45, 2.75) is 6.54 Å². The third kappa shape index (κ3) is 2.47. The number of rotatable bonds is 3. The van der Waals surface area contributed by atoms with E-state index in [0.29, 0.717) is 16.6 Å². The van der Waals surface area contributed by atoms with E-state index in [0.717, 1.165) is 12.1 Å². The van der Waals surface area contributed by atoms with E-state index in [9.17, 15) is 13.6 Å². The second-order valence-electron chi connectivity index (χ2n) is 4.63. The first-order chi connectivity index (χ1) is 10.0. The van der Waals surface area contributed by atoms with E-state index >= 15 is 0 Å². The summed E-state index contributed by atoms with van der Waals surface area (Å²) in [4.78, 5) is 15.2. The van der Waals surface area contributed by atoms with Gasteiger partial charge in [-0.1, -0.05) is 6.07 Å². The first kappa shape index (κ1) is 13.2. The van der Waals surface area contributed by atoms with Crippen molar-refractivity contribution in [1.82, 2.24) is 9.55 Å². The molecule has 2 aromatic carbocycles. The van der Waals surface area contributed by atoms with Gasteiger partial charge in [-0.05, 0) is 35.9 Å². The van der Waals surface area contributed by atoms with Crippen molar-refractivity contribution in [3.8, 4) is 0 Å². The van der Waals surface area contributed by atoms with Crippen molar-refractivity contribution in [3.63, 3.8) is 0 Å². The van der Waals surface area contributed by atoms with Gasteiger partial charge in [-0.25, -0.2) is 18.6 Å². The Morgan fingerprint density at radius 3 is 2.67 bits per heavy atom. The van der Waals surface area contributed by atoms with Gasteiger partial charge in [-0.3, -0.25) is 0 Å². The van der Waals surface area contributed by atoms with Crippen LogP contribution in [0, 0.1) is 11.6 Å². The quantitative estimate of drug-likeness (QED) is 0.806. The molecule has 0 saturated carbocycles. The Labute approximate surface area is 118 Å². The van der Waals surface area contributed by atoms with Gasteiger partial charge in [0, 0.05) is 6.54 Å². The molecule has 1 aromatic heterocycles. The number of imidazole rings is 1. The van der Waals surface area contributed by atoms with Gasteiger partial charge in [-0.2, -0.15) is 0 Å². The predicted octanol–water partition coefficient (Wildman–Crippen LogP) is 3.06. The summed E-state index contributed by atoms with van der Waals surface area (Å²) >= 11 is 0. The number of aromatic nitrogens is 2. The molecule has 0 aliphatic rings. The molecule has 0 saturated heterocycles. The zero-order valence-corrected chi connectivity index (χ0v) is 10.8. The lowest BCUT2D eigenvalue weighted by Gasteiger charge is -2.05. The molecule has 0 spiro atoms. The molecule has 0 amide bonds. The van der Waals surface area contributed by atoms with E-state index in [1.54, 1.807) is 10.6 Å². The number of benzene rings is 2. The van der Waals surface area contributed by atoms with E-state index in [1.807, 2.05) is 0 Å². The maximum Gasteiger partial charge on any atom is 0.335 e. The number of carboxylic acids is 1. The Hall–Kier alpha value is -2.76. The van der Waals surface area contributed by atoms with Crippen molar-refractivity contribution < 1.29 is 18.7 Å². The van der Waals surface area contributed by atoms with Crippen LogP contribution in [0.3, 0.4) is 0 Å². The second-order valence-corrected chi connectivity index (χ2v) is 4.63. The third-order valence-corrected chi connectivity index (χ3v) is 3.20. The van der Waals surface area contributed by atoms with Gasteiger partial charge in [0.2, 0.25) is 0 Å². The van der Waals surface area contributed by atoms with E-state index in [1.165, 1.54) is 24.5 Å². The summed E-state index contributed by atoms with van der Waals surface area (Å²) in [6.07, 6.45) is 1.54. The lowest BCUT2D eigenvalue weighted by Crippen LogP contribution is -2.01. The molecule has 0 bridgehead atoms. The molecule has 21 heavy (non-hydrogen) atoms. The number of nitrogens with zero attached hydrogens (tertiary/aromatic N) is 2. The Bertz CT molecular complexity index is 843. The minimum atomic E-state index is -1.03. The van der Waals surface area contributed by atoms with Crippen LogP contribution in [0.4, 0.5) is 8.78 Å². The Morgan fingerprint density at radius 2 is 1.95 bits per heavy atom. The summed E-state index contributed by atoms with van der Waals surface area (Å²) in [6, 6.07) is 8.24.